The molecule has 1 rings (SSSR count). The highest BCUT2D eigenvalue weighted by atomic mass is 19.4. The molecule has 0 aromatic heterocycles. The first-order valence-corrected chi connectivity index (χ1v) is 4.08. The molecule has 0 amide bonds. The zero-order chi connectivity index (χ0) is 9.57. The van der Waals surface area contributed by atoms with Gasteiger partial charge < -0.3 is 5.11 Å². The van der Waals surface area contributed by atoms with Crippen molar-refractivity contribution in [3.63, 3.8) is 0 Å². The molecule has 0 heterocycles. The van der Waals surface area contributed by atoms with E-state index in [4.69, 9.17) is 0 Å². The minimum atomic E-state index is -4.46. The number of hydrogen-bond donors (Lipinski definition) is 1. The van der Waals surface area contributed by atoms with Crippen LogP contribution in [-0.4, -0.2) is 16.9 Å². The highest BCUT2D eigenvalue weighted by Crippen LogP contribution is 2.52. The molecule has 4 heteroatoms. The van der Waals surface area contributed by atoms with Crippen molar-refractivity contribution >= 4 is 0 Å². The van der Waals surface area contributed by atoms with Crippen LogP contribution in [-0.2, 0) is 0 Å². The van der Waals surface area contributed by atoms with Crippen molar-refractivity contribution in [3.8, 4) is 0 Å². The van der Waals surface area contributed by atoms with Crippen LogP contribution in [0.5, 0.6) is 0 Å². The van der Waals surface area contributed by atoms with Crippen LogP contribution in [0.2, 0.25) is 0 Å². The number of alkyl halides is 3. The lowest BCUT2D eigenvalue weighted by Crippen LogP contribution is -2.59. The average Bonchev–Trinajstić information content (AvgIpc) is 1.79. The van der Waals surface area contributed by atoms with Crippen LogP contribution in [0.4, 0.5) is 13.2 Å². The highest BCUT2D eigenvalue weighted by Gasteiger charge is 2.63. The van der Waals surface area contributed by atoms with Crippen molar-refractivity contribution in [2.45, 2.75) is 38.5 Å². The summed E-state index contributed by atoms with van der Waals surface area (Å²) in [7, 11) is 0. The summed E-state index contributed by atoms with van der Waals surface area (Å²) in [6.45, 7) is 3.42. The second-order valence-electron chi connectivity index (χ2n) is 3.81. The molecule has 0 unspecified atom stereocenters. The number of rotatable bonds is 1. The number of halogens is 3. The maximum atomic E-state index is 12.2. The highest BCUT2D eigenvalue weighted by molar-refractivity contribution is 5.02. The lowest BCUT2D eigenvalue weighted by atomic mass is 9.64. The molecular weight excluding hydrogens is 169 g/mol. The maximum absolute atomic E-state index is 12.2. The van der Waals surface area contributed by atoms with E-state index < -0.39 is 17.7 Å². The summed E-state index contributed by atoms with van der Waals surface area (Å²) in [4.78, 5) is 0. The van der Waals surface area contributed by atoms with Gasteiger partial charge in [-0.05, 0) is 24.7 Å². The van der Waals surface area contributed by atoms with Crippen molar-refractivity contribution in [2.75, 3.05) is 0 Å². The molecule has 12 heavy (non-hydrogen) atoms. The molecule has 1 saturated carbocycles. The predicted molar refractivity (Wildman–Crippen MR) is 38.6 cm³/mol. The van der Waals surface area contributed by atoms with E-state index in [9.17, 15) is 18.3 Å². The van der Waals surface area contributed by atoms with Crippen molar-refractivity contribution in [3.05, 3.63) is 0 Å². The summed E-state index contributed by atoms with van der Waals surface area (Å²) in [5.41, 5.74) is -2.40. The zero-order valence-electron chi connectivity index (χ0n) is 7.15. The zero-order valence-corrected chi connectivity index (χ0v) is 7.15. The minimum Gasteiger partial charge on any atom is -0.380 e. The Kier molecular flexibility index (Phi) is 2.15. The quantitative estimate of drug-likeness (QED) is 0.660. The lowest BCUT2D eigenvalue weighted by Gasteiger charge is -2.48. The molecule has 72 valence electrons. The Morgan fingerprint density at radius 1 is 1.42 bits per heavy atom. The predicted octanol–water partition coefficient (Wildman–Crippen LogP) is 2.35. The van der Waals surface area contributed by atoms with Crippen LogP contribution in [0.1, 0.15) is 26.7 Å². The Morgan fingerprint density at radius 3 is 2.00 bits per heavy atom. The van der Waals surface area contributed by atoms with E-state index >= 15 is 0 Å². The molecule has 0 aromatic carbocycles. The standard InChI is InChI=1S/C8H13F3O/c1-5(2)6-3-4-7(6,12)8(9,10)11/h5-6,12H,3-4H2,1-2H3/t6-,7+/m0/s1. The van der Waals surface area contributed by atoms with Gasteiger partial charge in [0.25, 0.3) is 0 Å². The van der Waals surface area contributed by atoms with E-state index in [0.717, 1.165) is 0 Å². The number of hydrogen-bond acceptors (Lipinski definition) is 1. The molecular formula is C8H13F3O. The van der Waals surface area contributed by atoms with Gasteiger partial charge in [-0.2, -0.15) is 13.2 Å². The average molecular weight is 182 g/mol. The second kappa shape index (κ2) is 2.62. The molecule has 0 radical (unpaired) electrons. The molecule has 1 fully saturated rings. The maximum Gasteiger partial charge on any atom is 0.417 e. The Balaban J connectivity index is 2.74. The van der Waals surface area contributed by atoms with Gasteiger partial charge in [0.15, 0.2) is 5.60 Å². The molecule has 1 aliphatic rings. The van der Waals surface area contributed by atoms with Gasteiger partial charge in [-0.3, -0.25) is 0 Å². The smallest absolute Gasteiger partial charge is 0.380 e. The van der Waals surface area contributed by atoms with Crippen LogP contribution < -0.4 is 0 Å². The first kappa shape index (κ1) is 9.84. The Morgan fingerprint density at radius 2 is 1.92 bits per heavy atom. The van der Waals surface area contributed by atoms with Gasteiger partial charge in [0, 0.05) is 0 Å². The van der Waals surface area contributed by atoms with Crippen LogP contribution in [0.3, 0.4) is 0 Å². The summed E-state index contributed by atoms with van der Waals surface area (Å²) >= 11 is 0. The summed E-state index contributed by atoms with van der Waals surface area (Å²) < 4.78 is 36.7. The van der Waals surface area contributed by atoms with Crippen LogP contribution in [0.25, 0.3) is 0 Å². The van der Waals surface area contributed by atoms with Gasteiger partial charge >= 0.3 is 6.18 Å². The van der Waals surface area contributed by atoms with Gasteiger partial charge in [-0.15, -0.1) is 0 Å². The van der Waals surface area contributed by atoms with Gasteiger partial charge in [0.05, 0.1) is 0 Å². The van der Waals surface area contributed by atoms with Crippen LogP contribution in [0, 0.1) is 11.8 Å². The van der Waals surface area contributed by atoms with E-state index in [1.807, 2.05) is 0 Å². The van der Waals surface area contributed by atoms with E-state index in [2.05, 4.69) is 0 Å². The molecule has 2 atom stereocenters. The Labute approximate surface area is 69.6 Å². The van der Waals surface area contributed by atoms with Crippen molar-refractivity contribution in [1.82, 2.24) is 0 Å². The molecule has 1 aliphatic carbocycles. The van der Waals surface area contributed by atoms with Crippen molar-refractivity contribution in [2.24, 2.45) is 11.8 Å². The molecule has 1 N–H and O–H groups in total. The Hall–Kier alpha value is -0.250. The van der Waals surface area contributed by atoms with Crippen molar-refractivity contribution < 1.29 is 18.3 Å². The fourth-order valence-electron chi connectivity index (χ4n) is 1.82. The lowest BCUT2D eigenvalue weighted by molar-refractivity contribution is -0.316. The van der Waals surface area contributed by atoms with E-state index in [1.165, 1.54) is 0 Å². The molecule has 1 nitrogen and oxygen atoms in total. The summed E-state index contributed by atoms with van der Waals surface area (Å²) in [5.74, 6) is -0.720. The summed E-state index contributed by atoms with van der Waals surface area (Å²) in [6.07, 6.45) is -4.12. The molecule has 0 bridgehead atoms. The number of aliphatic hydroxyl groups is 1. The van der Waals surface area contributed by atoms with Gasteiger partial charge in [0.2, 0.25) is 0 Å². The van der Waals surface area contributed by atoms with Gasteiger partial charge in [0.1, 0.15) is 0 Å². The van der Waals surface area contributed by atoms with Gasteiger partial charge in [-0.1, -0.05) is 13.8 Å². The SMILES string of the molecule is CC(C)[C@@H]1CC[C@]1(O)C(F)(F)F. The largest absolute Gasteiger partial charge is 0.417 e. The third-order valence-corrected chi connectivity index (χ3v) is 2.75. The second-order valence-corrected chi connectivity index (χ2v) is 3.81. The van der Waals surface area contributed by atoms with Crippen molar-refractivity contribution in [1.29, 1.82) is 0 Å². The topological polar surface area (TPSA) is 20.2 Å². The van der Waals surface area contributed by atoms with E-state index in [1.54, 1.807) is 13.8 Å². The van der Waals surface area contributed by atoms with E-state index in [0.29, 0.717) is 6.42 Å². The third-order valence-electron chi connectivity index (χ3n) is 2.75. The molecule has 0 aromatic rings. The monoisotopic (exact) mass is 182 g/mol. The van der Waals surface area contributed by atoms with Crippen LogP contribution >= 0.6 is 0 Å². The minimum absolute atomic E-state index is 0.106. The third kappa shape index (κ3) is 1.22. The fourth-order valence-corrected chi connectivity index (χ4v) is 1.82. The van der Waals surface area contributed by atoms with E-state index in [-0.39, 0.29) is 12.3 Å². The fraction of sp³-hybridized carbons (Fsp3) is 1.00. The summed E-state index contributed by atoms with van der Waals surface area (Å²) in [5, 5.41) is 9.25. The Bertz CT molecular complexity index is 176. The van der Waals surface area contributed by atoms with Crippen LogP contribution in [0.15, 0.2) is 0 Å². The first-order valence-electron chi connectivity index (χ1n) is 4.08. The summed E-state index contributed by atoms with van der Waals surface area (Å²) in [6, 6.07) is 0. The molecule has 0 saturated heterocycles. The van der Waals surface area contributed by atoms with Gasteiger partial charge in [-0.25, -0.2) is 0 Å². The molecule has 0 spiro atoms. The molecule has 0 aliphatic heterocycles. The normalized spacial score (nSPS) is 36.8. The first-order chi connectivity index (χ1) is 5.29.